The van der Waals surface area contributed by atoms with Crippen LogP contribution in [0.5, 0.6) is 5.75 Å². The predicted molar refractivity (Wildman–Crippen MR) is 102 cm³/mol. The second-order valence-electron chi connectivity index (χ2n) is 7.32. The van der Waals surface area contributed by atoms with E-state index in [-0.39, 0.29) is 5.56 Å². The van der Waals surface area contributed by atoms with Crippen molar-refractivity contribution in [2.45, 2.75) is 45.9 Å². The standard InChI is InChI=1S/C20H32N2O4/c1-15(2)22(10-9-21-13-16(3)26-17(4)14-21)11-12-25-19-7-5-18(6-8-19)20(23)24/h5-8,15-17H,9-14H2,1-4H3,(H,23,24). The van der Waals surface area contributed by atoms with E-state index in [1.165, 1.54) is 0 Å². The molecule has 1 saturated heterocycles. The zero-order valence-electron chi connectivity index (χ0n) is 16.4. The smallest absolute Gasteiger partial charge is 0.335 e. The Bertz CT molecular complexity index is 551. The van der Waals surface area contributed by atoms with Crippen LogP contribution in [0.1, 0.15) is 38.1 Å². The topological polar surface area (TPSA) is 62.2 Å². The summed E-state index contributed by atoms with van der Waals surface area (Å²) in [6.07, 6.45) is 0.590. The van der Waals surface area contributed by atoms with Gasteiger partial charge in [-0.25, -0.2) is 4.79 Å². The van der Waals surface area contributed by atoms with Crippen molar-refractivity contribution < 1.29 is 19.4 Å². The van der Waals surface area contributed by atoms with Crippen LogP contribution >= 0.6 is 0 Å². The molecule has 0 saturated carbocycles. The summed E-state index contributed by atoms with van der Waals surface area (Å²) in [4.78, 5) is 15.8. The fraction of sp³-hybridized carbons (Fsp3) is 0.650. The van der Waals surface area contributed by atoms with Gasteiger partial charge < -0.3 is 14.6 Å². The number of nitrogens with zero attached hydrogens (tertiary/aromatic N) is 2. The maximum absolute atomic E-state index is 10.9. The number of aromatic carboxylic acids is 1. The van der Waals surface area contributed by atoms with Crippen molar-refractivity contribution >= 4 is 5.97 Å². The highest BCUT2D eigenvalue weighted by Gasteiger charge is 2.22. The number of carboxylic acid groups (broad SMARTS) is 1. The first-order valence-corrected chi connectivity index (χ1v) is 9.43. The molecule has 6 nitrogen and oxygen atoms in total. The molecule has 1 fully saturated rings. The van der Waals surface area contributed by atoms with E-state index in [1.807, 2.05) is 0 Å². The molecule has 0 aliphatic carbocycles. The molecule has 0 bridgehead atoms. The number of carboxylic acids is 1. The molecule has 0 aromatic heterocycles. The lowest BCUT2D eigenvalue weighted by Crippen LogP contribution is -2.49. The van der Waals surface area contributed by atoms with Gasteiger partial charge in [-0.15, -0.1) is 0 Å². The van der Waals surface area contributed by atoms with E-state index >= 15 is 0 Å². The lowest BCUT2D eigenvalue weighted by molar-refractivity contribution is -0.0699. The molecular weight excluding hydrogens is 332 g/mol. The van der Waals surface area contributed by atoms with E-state index < -0.39 is 5.97 Å². The Balaban J connectivity index is 1.76. The minimum atomic E-state index is -0.922. The molecule has 0 radical (unpaired) electrons. The van der Waals surface area contributed by atoms with Crippen molar-refractivity contribution in [3.05, 3.63) is 29.8 Å². The largest absolute Gasteiger partial charge is 0.492 e. The number of hydrogen-bond acceptors (Lipinski definition) is 5. The highest BCUT2D eigenvalue weighted by atomic mass is 16.5. The van der Waals surface area contributed by atoms with Crippen LogP contribution in [0.25, 0.3) is 0 Å². The van der Waals surface area contributed by atoms with Crippen LogP contribution in [0.3, 0.4) is 0 Å². The molecule has 146 valence electrons. The molecule has 2 unspecified atom stereocenters. The van der Waals surface area contributed by atoms with Crippen molar-refractivity contribution in [2.75, 3.05) is 39.3 Å². The summed E-state index contributed by atoms with van der Waals surface area (Å²) < 4.78 is 11.6. The second kappa shape index (κ2) is 9.90. The molecule has 2 atom stereocenters. The molecule has 2 rings (SSSR count). The molecule has 26 heavy (non-hydrogen) atoms. The Labute approximate surface area is 156 Å². The molecule has 1 heterocycles. The van der Waals surface area contributed by atoms with E-state index in [1.54, 1.807) is 24.3 Å². The SMILES string of the molecule is CC1CN(CCN(CCOc2ccc(C(=O)O)cc2)C(C)C)CC(C)O1. The third-order valence-corrected chi connectivity index (χ3v) is 4.68. The van der Waals surface area contributed by atoms with Crippen molar-refractivity contribution in [3.8, 4) is 5.75 Å². The van der Waals surface area contributed by atoms with Gasteiger partial charge in [0.2, 0.25) is 0 Å². The van der Waals surface area contributed by atoms with E-state index in [0.29, 0.717) is 30.6 Å². The zero-order chi connectivity index (χ0) is 19.1. The third kappa shape index (κ3) is 6.59. The lowest BCUT2D eigenvalue weighted by atomic mass is 10.2. The Morgan fingerprint density at radius 1 is 1.23 bits per heavy atom. The number of hydrogen-bond donors (Lipinski definition) is 1. The Kier molecular flexibility index (Phi) is 7.87. The van der Waals surface area contributed by atoms with Gasteiger partial charge in [0.25, 0.3) is 0 Å². The molecule has 1 aliphatic rings. The van der Waals surface area contributed by atoms with Crippen LogP contribution in [0.15, 0.2) is 24.3 Å². The first-order valence-electron chi connectivity index (χ1n) is 9.43. The second-order valence-corrected chi connectivity index (χ2v) is 7.32. The van der Waals surface area contributed by atoms with Gasteiger partial charge >= 0.3 is 5.97 Å². The summed E-state index contributed by atoms with van der Waals surface area (Å²) in [7, 11) is 0. The minimum Gasteiger partial charge on any atom is -0.492 e. The van der Waals surface area contributed by atoms with Crippen LogP contribution in [0, 0.1) is 0 Å². The third-order valence-electron chi connectivity index (χ3n) is 4.68. The summed E-state index contributed by atoms with van der Waals surface area (Å²) in [5, 5.41) is 8.93. The van der Waals surface area contributed by atoms with Crippen LogP contribution in [-0.4, -0.2) is 78.5 Å². The van der Waals surface area contributed by atoms with Crippen LogP contribution < -0.4 is 4.74 Å². The number of rotatable bonds is 9. The Morgan fingerprint density at radius 2 is 1.85 bits per heavy atom. The predicted octanol–water partition coefficient (Wildman–Crippen LogP) is 2.58. The van der Waals surface area contributed by atoms with Gasteiger partial charge in [-0.3, -0.25) is 9.80 Å². The lowest BCUT2D eigenvalue weighted by Gasteiger charge is -2.37. The highest BCUT2D eigenvalue weighted by molar-refractivity contribution is 5.87. The fourth-order valence-electron chi connectivity index (χ4n) is 3.34. The molecule has 1 aromatic carbocycles. The first-order chi connectivity index (χ1) is 12.3. The number of morpholine rings is 1. The maximum Gasteiger partial charge on any atom is 0.335 e. The fourth-order valence-corrected chi connectivity index (χ4v) is 3.34. The molecule has 1 aromatic rings. The van der Waals surface area contributed by atoms with Gasteiger partial charge in [-0.1, -0.05) is 0 Å². The Morgan fingerprint density at radius 3 is 2.38 bits per heavy atom. The molecular formula is C20H32N2O4. The quantitative estimate of drug-likeness (QED) is 0.727. The monoisotopic (exact) mass is 364 g/mol. The summed E-state index contributed by atoms with van der Waals surface area (Å²) in [6, 6.07) is 7.00. The summed E-state index contributed by atoms with van der Waals surface area (Å²) in [5.74, 6) is -0.219. The molecule has 1 N–H and O–H groups in total. The van der Waals surface area contributed by atoms with Crippen molar-refractivity contribution in [2.24, 2.45) is 0 Å². The van der Waals surface area contributed by atoms with E-state index in [4.69, 9.17) is 14.6 Å². The molecule has 0 amide bonds. The van der Waals surface area contributed by atoms with E-state index in [2.05, 4.69) is 37.5 Å². The van der Waals surface area contributed by atoms with Gasteiger partial charge in [0.05, 0.1) is 17.8 Å². The van der Waals surface area contributed by atoms with Crippen molar-refractivity contribution in [1.82, 2.24) is 9.80 Å². The van der Waals surface area contributed by atoms with Crippen molar-refractivity contribution in [3.63, 3.8) is 0 Å². The zero-order valence-corrected chi connectivity index (χ0v) is 16.4. The van der Waals surface area contributed by atoms with E-state index in [9.17, 15) is 4.79 Å². The van der Waals surface area contributed by atoms with Crippen LogP contribution in [-0.2, 0) is 4.74 Å². The van der Waals surface area contributed by atoms with E-state index in [0.717, 1.165) is 32.7 Å². The molecule has 6 heteroatoms. The highest BCUT2D eigenvalue weighted by Crippen LogP contribution is 2.13. The van der Waals surface area contributed by atoms with Gasteiger partial charge in [0.15, 0.2) is 0 Å². The maximum atomic E-state index is 10.9. The Hall–Kier alpha value is -1.63. The average molecular weight is 364 g/mol. The normalized spacial score (nSPS) is 21.3. The van der Waals surface area contributed by atoms with Crippen molar-refractivity contribution in [1.29, 1.82) is 0 Å². The number of carbonyl (C=O) groups is 1. The van der Waals surface area contributed by atoms with Gasteiger partial charge in [0, 0.05) is 38.8 Å². The molecule has 1 aliphatic heterocycles. The summed E-state index contributed by atoms with van der Waals surface area (Å²) in [5.41, 5.74) is 0.273. The van der Waals surface area contributed by atoms with Gasteiger partial charge in [-0.2, -0.15) is 0 Å². The summed E-state index contributed by atoms with van der Waals surface area (Å²) >= 11 is 0. The van der Waals surface area contributed by atoms with Gasteiger partial charge in [-0.05, 0) is 52.0 Å². The van der Waals surface area contributed by atoms with Crippen LogP contribution in [0.2, 0.25) is 0 Å². The number of benzene rings is 1. The summed E-state index contributed by atoms with van der Waals surface area (Å²) in [6.45, 7) is 14.1. The first kappa shape index (κ1) is 20.7. The minimum absolute atomic E-state index is 0.273. The number of ether oxygens (including phenoxy) is 2. The van der Waals surface area contributed by atoms with Gasteiger partial charge in [0.1, 0.15) is 12.4 Å². The average Bonchev–Trinajstić information content (AvgIpc) is 2.57. The molecule has 0 spiro atoms. The van der Waals surface area contributed by atoms with Crippen LogP contribution in [0.4, 0.5) is 0 Å².